The molecule has 0 spiro atoms. The second kappa shape index (κ2) is 12.0. The van der Waals surface area contributed by atoms with Crippen molar-refractivity contribution in [2.45, 2.75) is 32.0 Å². The lowest BCUT2D eigenvalue weighted by Crippen LogP contribution is -2.37. The van der Waals surface area contributed by atoms with Crippen molar-refractivity contribution in [3.05, 3.63) is 59.3 Å². The Labute approximate surface area is 193 Å². The number of benzene rings is 1. The first-order valence-corrected chi connectivity index (χ1v) is 9.45. The number of guanidine groups is 1. The van der Waals surface area contributed by atoms with E-state index in [1.165, 1.54) is 12.1 Å². The van der Waals surface area contributed by atoms with E-state index >= 15 is 0 Å². The number of rotatable bonds is 7. The minimum atomic E-state index is -4.32. The molecule has 166 valence electrons. The highest BCUT2D eigenvalue weighted by molar-refractivity contribution is 14.0. The van der Waals surface area contributed by atoms with Crippen molar-refractivity contribution in [3.8, 4) is 0 Å². The number of pyridine rings is 1. The number of alkyl halides is 3. The van der Waals surface area contributed by atoms with E-state index in [0.29, 0.717) is 31.0 Å². The fraction of sp³-hybridized carbons (Fsp3) is 0.429. The zero-order valence-corrected chi connectivity index (χ0v) is 20.0. The van der Waals surface area contributed by atoms with Gasteiger partial charge in [-0.15, -0.1) is 24.0 Å². The van der Waals surface area contributed by atoms with Crippen LogP contribution in [0.5, 0.6) is 0 Å². The van der Waals surface area contributed by atoms with Crippen LogP contribution in [0.1, 0.15) is 36.0 Å². The lowest BCUT2D eigenvalue weighted by Gasteiger charge is -2.18. The molecule has 1 aromatic carbocycles. The predicted octanol–water partition coefficient (Wildman–Crippen LogP) is 4.64. The third kappa shape index (κ3) is 7.66. The molecule has 30 heavy (non-hydrogen) atoms. The summed E-state index contributed by atoms with van der Waals surface area (Å²) in [5.74, 6) is 1.50. The van der Waals surface area contributed by atoms with Crippen LogP contribution in [0.25, 0.3) is 0 Å². The molecule has 1 unspecified atom stereocenters. The molecule has 1 heterocycles. The van der Waals surface area contributed by atoms with Gasteiger partial charge in [0.1, 0.15) is 5.82 Å². The summed E-state index contributed by atoms with van der Waals surface area (Å²) in [7, 11) is 5.56. The van der Waals surface area contributed by atoms with E-state index in [1.807, 2.05) is 38.1 Å². The van der Waals surface area contributed by atoms with Gasteiger partial charge in [-0.2, -0.15) is 13.2 Å². The lowest BCUT2D eigenvalue weighted by atomic mass is 9.96. The van der Waals surface area contributed by atoms with Gasteiger partial charge in [0, 0.05) is 46.0 Å². The van der Waals surface area contributed by atoms with Crippen LogP contribution >= 0.6 is 24.0 Å². The average molecular weight is 535 g/mol. The number of hydrogen-bond acceptors (Lipinski definition) is 3. The summed E-state index contributed by atoms with van der Waals surface area (Å²) in [6.45, 7) is 3.07. The SMILES string of the molecule is CN=C(NCCC(C)c1cccc(C(F)(F)F)c1)NCc1cccnc1N(C)C.I. The first kappa shape index (κ1) is 26.0. The predicted molar refractivity (Wildman–Crippen MR) is 127 cm³/mol. The second-order valence-electron chi connectivity index (χ2n) is 7.05. The molecule has 1 atom stereocenters. The maximum absolute atomic E-state index is 12.9. The van der Waals surface area contributed by atoms with Crippen LogP contribution in [0, 0.1) is 0 Å². The van der Waals surface area contributed by atoms with Crippen molar-refractivity contribution in [2.75, 3.05) is 32.6 Å². The highest BCUT2D eigenvalue weighted by atomic mass is 127. The third-order valence-corrected chi connectivity index (χ3v) is 4.61. The number of aliphatic imine (C=N–C) groups is 1. The number of nitrogens with zero attached hydrogens (tertiary/aromatic N) is 3. The molecule has 0 aliphatic rings. The molecule has 5 nitrogen and oxygen atoms in total. The summed E-state index contributed by atoms with van der Waals surface area (Å²) in [5, 5.41) is 6.46. The van der Waals surface area contributed by atoms with Crippen LogP contribution < -0.4 is 15.5 Å². The zero-order chi connectivity index (χ0) is 21.4. The maximum Gasteiger partial charge on any atom is 0.416 e. The van der Waals surface area contributed by atoms with E-state index in [9.17, 15) is 13.2 Å². The monoisotopic (exact) mass is 535 g/mol. The Morgan fingerprint density at radius 3 is 2.53 bits per heavy atom. The molecule has 0 saturated heterocycles. The average Bonchev–Trinajstić information content (AvgIpc) is 2.70. The Bertz CT molecular complexity index is 824. The van der Waals surface area contributed by atoms with E-state index in [1.54, 1.807) is 19.3 Å². The summed E-state index contributed by atoms with van der Waals surface area (Å²) in [5.41, 5.74) is 1.11. The largest absolute Gasteiger partial charge is 0.416 e. The van der Waals surface area contributed by atoms with Crippen molar-refractivity contribution in [1.29, 1.82) is 0 Å². The van der Waals surface area contributed by atoms with Crippen molar-refractivity contribution in [3.63, 3.8) is 0 Å². The van der Waals surface area contributed by atoms with Gasteiger partial charge in [-0.05, 0) is 30.0 Å². The highest BCUT2D eigenvalue weighted by Gasteiger charge is 2.30. The van der Waals surface area contributed by atoms with Crippen LogP contribution in [0.15, 0.2) is 47.6 Å². The smallest absolute Gasteiger partial charge is 0.362 e. The molecule has 2 aromatic rings. The number of aromatic nitrogens is 1. The number of hydrogen-bond donors (Lipinski definition) is 2. The zero-order valence-electron chi connectivity index (χ0n) is 17.6. The summed E-state index contributed by atoms with van der Waals surface area (Å²) in [6.07, 6.45) is -1.89. The molecule has 1 aromatic heterocycles. The lowest BCUT2D eigenvalue weighted by molar-refractivity contribution is -0.137. The molecule has 0 aliphatic carbocycles. The number of nitrogens with one attached hydrogen (secondary N) is 2. The second-order valence-corrected chi connectivity index (χ2v) is 7.05. The van der Waals surface area contributed by atoms with Crippen LogP contribution in [0.2, 0.25) is 0 Å². The molecule has 9 heteroatoms. The Morgan fingerprint density at radius 1 is 1.17 bits per heavy atom. The summed E-state index contributed by atoms with van der Waals surface area (Å²) in [6, 6.07) is 9.40. The molecule has 2 N–H and O–H groups in total. The van der Waals surface area contributed by atoms with Gasteiger partial charge in [-0.25, -0.2) is 4.98 Å². The van der Waals surface area contributed by atoms with Gasteiger partial charge in [-0.1, -0.05) is 31.2 Å². The van der Waals surface area contributed by atoms with Crippen molar-refractivity contribution in [1.82, 2.24) is 15.6 Å². The first-order valence-electron chi connectivity index (χ1n) is 9.45. The fourth-order valence-electron chi connectivity index (χ4n) is 2.97. The Kier molecular flexibility index (Phi) is 10.4. The summed E-state index contributed by atoms with van der Waals surface area (Å²) >= 11 is 0. The first-order chi connectivity index (χ1) is 13.7. The van der Waals surface area contributed by atoms with Gasteiger partial charge in [0.15, 0.2) is 5.96 Å². The van der Waals surface area contributed by atoms with E-state index in [2.05, 4.69) is 20.6 Å². The fourth-order valence-corrected chi connectivity index (χ4v) is 2.97. The minimum Gasteiger partial charge on any atom is -0.362 e. The molecule has 0 fully saturated rings. The van der Waals surface area contributed by atoms with Crippen LogP contribution in [0.4, 0.5) is 19.0 Å². The molecule has 0 bridgehead atoms. The topological polar surface area (TPSA) is 52.6 Å². The number of halogens is 4. The van der Waals surface area contributed by atoms with Crippen LogP contribution in [-0.2, 0) is 12.7 Å². The third-order valence-electron chi connectivity index (χ3n) is 4.61. The van der Waals surface area contributed by atoms with Gasteiger partial charge < -0.3 is 15.5 Å². The Morgan fingerprint density at radius 2 is 1.90 bits per heavy atom. The number of anilines is 1. The Hall–Kier alpha value is -2.04. The van der Waals surface area contributed by atoms with Gasteiger partial charge in [0.05, 0.1) is 5.56 Å². The van der Waals surface area contributed by atoms with E-state index < -0.39 is 11.7 Å². The van der Waals surface area contributed by atoms with E-state index in [4.69, 9.17) is 0 Å². The van der Waals surface area contributed by atoms with Crippen LogP contribution in [0.3, 0.4) is 0 Å². The molecule has 0 amide bonds. The highest BCUT2D eigenvalue weighted by Crippen LogP contribution is 2.31. The molecule has 0 aliphatic heterocycles. The Balaban J connectivity index is 0.00000450. The molecule has 0 radical (unpaired) electrons. The molecule has 2 rings (SSSR count). The summed E-state index contributed by atoms with van der Waals surface area (Å²) < 4.78 is 38.7. The van der Waals surface area contributed by atoms with Gasteiger partial charge in [0.2, 0.25) is 0 Å². The maximum atomic E-state index is 12.9. The quantitative estimate of drug-likeness (QED) is 0.308. The van der Waals surface area contributed by atoms with E-state index in [-0.39, 0.29) is 29.9 Å². The van der Waals surface area contributed by atoms with E-state index in [0.717, 1.165) is 17.4 Å². The minimum absolute atomic E-state index is 0. The standard InChI is InChI=1S/C21H28F3N5.HI/c1-15(16-7-5-9-18(13-16)21(22,23)24)10-12-27-20(25-2)28-14-17-8-6-11-26-19(17)29(3)4;/h5-9,11,13,15H,10,12,14H2,1-4H3,(H2,25,27,28);1H. The summed E-state index contributed by atoms with van der Waals surface area (Å²) in [4.78, 5) is 10.5. The van der Waals surface area contributed by atoms with Crippen molar-refractivity contribution in [2.24, 2.45) is 4.99 Å². The molecule has 0 saturated carbocycles. The van der Waals surface area contributed by atoms with Gasteiger partial charge >= 0.3 is 6.18 Å². The van der Waals surface area contributed by atoms with Gasteiger partial charge in [-0.3, -0.25) is 4.99 Å². The molecular formula is C21H29F3IN5. The van der Waals surface area contributed by atoms with Gasteiger partial charge in [0.25, 0.3) is 0 Å². The van der Waals surface area contributed by atoms with Crippen LogP contribution in [-0.4, -0.2) is 38.6 Å². The normalized spacial score (nSPS) is 12.7. The van der Waals surface area contributed by atoms with Crippen molar-refractivity contribution < 1.29 is 13.2 Å². The molecular weight excluding hydrogens is 506 g/mol. The van der Waals surface area contributed by atoms with Crippen molar-refractivity contribution >= 4 is 35.8 Å².